The van der Waals surface area contributed by atoms with Crippen LogP contribution >= 0.6 is 0 Å². The fourth-order valence-electron chi connectivity index (χ4n) is 4.46. The van der Waals surface area contributed by atoms with E-state index in [-0.39, 0.29) is 11.8 Å². The molecule has 2 aromatic heterocycles. The molecule has 182 valence electrons. The second kappa shape index (κ2) is 9.01. The summed E-state index contributed by atoms with van der Waals surface area (Å²) in [5, 5.41) is 9.58. The van der Waals surface area contributed by atoms with Crippen LogP contribution in [0.1, 0.15) is 23.6 Å². The van der Waals surface area contributed by atoms with E-state index in [1.165, 1.54) is 17.1 Å². The van der Waals surface area contributed by atoms with Gasteiger partial charge in [-0.3, -0.25) is 4.68 Å². The lowest BCUT2D eigenvalue weighted by atomic mass is 10.0. The lowest BCUT2D eigenvalue weighted by molar-refractivity contribution is 0.139. The Labute approximate surface area is 199 Å². The van der Waals surface area contributed by atoms with Gasteiger partial charge in [-0.25, -0.2) is 32.9 Å². The van der Waals surface area contributed by atoms with Crippen LogP contribution in [-0.4, -0.2) is 68.1 Å². The molecule has 1 atom stereocenters. The third-order valence-corrected chi connectivity index (χ3v) is 6.20. The molecule has 5 rings (SSSR count). The summed E-state index contributed by atoms with van der Waals surface area (Å²) in [6.45, 7) is 3.18. The van der Waals surface area contributed by atoms with Gasteiger partial charge in [0.2, 0.25) is 0 Å². The maximum atomic E-state index is 14.6. The van der Waals surface area contributed by atoms with Crippen molar-refractivity contribution in [3.8, 4) is 11.5 Å². The lowest BCUT2D eigenvalue weighted by Crippen LogP contribution is -2.52. The molecule has 1 fully saturated rings. The number of carbonyl (C=O) groups is 1. The van der Waals surface area contributed by atoms with E-state index in [0.717, 1.165) is 17.8 Å². The zero-order valence-corrected chi connectivity index (χ0v) is 19.2. The molecule has 0 N–H and O–H groups in total. The summed E-state index contributed by atoms with van der Waals surface area (Å²) < 4.78 is 43.7. The van der Waals surface area contributed by atoms with Gasteiger partial charge in [0.1, 0.15) is 17.3 Å². The standard InChI is InChI=1S/C23H23F3N8O/c1-14-12-29-31(2)20(14)21-27-13-18(26)22(30-21)32-5-7-33(8-6-32)23(35)34-19(3-4-28-34)15-9-16(24)11-17(25)10-15/h4,9-13,19H,3,5-8H2,1-2H3. The molecule has 4 heterocycles. The summed E-state index contributed by atoms with van der Waals surface area (Å²) >= 11 is 0. The van der Waals surface area contributed by atoms with Gasteiger partial charge in [-0.05, 0) is 30.2 Å². The van der Waals surface area contributed by atoms with Gasteiger partial charge in [-0.2, -0.15) is 10.2 Å². The maximum Gasteiger partial charge on any atom is 0.341 e. The Morgan fingerprint density at radius 3 is 2.40 bits per heavy atom. The van der Waals surface area contributed by atoms with E-state index in [1.54, 1.807) is 33.9 Å². The van der Waals surface area contributed by atoms with Gasteiger partial charge in [-0.15, -0.1) is 0 Å². The predicted octanol–water partition coefficient (Wildman–Crippen LogP) is 3.28. The molecule has 0 radical (unpaired) electrons. The number of aryl methyl sites for hydroxylation is 2. The van der Waals surface area contributed by atoms with Crippen LogP contribution in [0.4, 0.5) is 23.8 Å². The molecule has 1 aromatic carbocycles. The van der Waals surface area contributed by atoms with Crippen molar-refractivity contribution in [1.29, 1.82) is 0 Å². The van der Waals surface area contributed by atoms with E-state index >= 15 is 0 Å². The van der Waals surface area contributed by atoms with Crippen LogP contribution in [0.2, 0.25) is 0 Å². The summed E-state index contributed by atoms with van der Waals surface area (Å²) in [6.07, 6.45) is 4.75. The highest BCUT2D eigenvalue weighted by molar-refractivity contribution is 5.78. The molecule has 2 aliphatic rings. The third-order valence-electron chi connectivity index (χ3n) is 6.20. The lowest BCUT2D eigenvalue weighted by Gasteiger charge is -2.37. The molecule has 0 aliphatic carbocycles. The zero-order chi connectivity index (χ0) is 24.7. The van der Waals surface area contributed by atoms with Crippen LogP contribution in [-0.2, 0) is 7.05 Å². The fraction of sp³-hybridized carbons (Fsp3) is 0.348. The van der Waals surface area contributed by atoms with E-state index < -0.39 is 23.5 Å². The van der Waals surface area contributed by atoms with Crippen molar-refractivity contribution in [3.63, 3.8) is 0 Å². The van der Waals surface area contributed by atoms with E-state index in [9.17, 15) is 18.0 Å². The number of aromatic nitrogens is 4. The summed E-state index contributed by atoms with van der Waals surface area (Å²) in [4.78, 5) is 25.1. The summed E-state index contributed by atoms with van der Waals surface area (Å²) in [5.41, 5.74) is 1.92. The molecule has 35 heavy (non-hydrogen) atoms. The fourth-order valence-corrected chi connectivity index (χ4v) is 4.46. The molecule has 0 bridgehead atoms. The second-order valence-corrected chi connectivity index (χ2v) is 8.52. The van der Waals surface area contributed by atoms with Crippen molar-refractivity contribution in [3.05, 3.63) is 59.2 Å². The number of urea groups is 1. The largest absolute Gasteiger partial charge is 0.351 e. The van der Waals surface area contributed by atoms with Crippen LogP contribution in [0.15, 0.2) is 35.7 Å². The minimum Gasteiger partial charge on any atom is -0.351 e. The molecule has 2 aliphatic heterocycles. The van der Waals surface area contributed by atoms with Crippen molar-refractivity contribution in [2.75, 3.05) is 31.1 Å². The monoisotopic (exact) mass is 484 g/mol. The smallest absolute Gasteiger partial charge is 0.341 e. The molecule has 0 spiro atoms. The number of benzene rings is 1. The number of anilines is 1. The first-order valence-corrected chi connectivity index (χ1v) is 11.1. The Hall–Kier alpha value is -3.96. The van der Waals surface area contributed by atoms with Crippen molar-refractivity contribution >= 4 is 18.1 Å². The number of piperazine rings is 1. The normalized spacial score (nSPS) is 18.0. The number of halogens is 3. The topological polar surface area (TPSA) is 82.8 Å². The maximum absolute atomic E-state index is 14.6. The van der Waals surface area contributed by atoms with Crippen LogP contribution in [0, 0.1) is 24.4 Å². The Balaban J connectivity index is 1.29. The molecule has 1 saturated heterocycles. The molecule has 1 unspecified atom stereocenters. The predicted molar refractivity (Wildman–Crippen MR) is 122 cm³/mol. The summed E-state index contributed by atoms with van der Waals surface area (Å²) in [5.74, 6) is -1.43. The molecule has 12 heteroatoms. The average molecular weight is 484 g/mol. The van der Waals surface area contributed by atoms with E-state index in [2.05, 4.69) is 20.2 Å². The van der Waals surface area contributed by atoms with Crippen LogP contribution in [0.5, 0.6) is 0 Å². The molecular formula is C23H23F3N8O. The van der Waals surface area contributed by atoms with Crippen molar-refractivity contribution in [2.24, 2.45) is 12.1 Å². The van der Waals surface area contributed by atoms with Gasteiger partial charge < -0.3 is 9.80 Å². The summed E-state index contributed by atoms with van der Waals surface area (Å²) in [7, 11) is 1.77. The van der Waals surface area contributed by atoms with Crippen molar-refractivity contribution < 1.29 is 18.0 Å². The second-order valence-electron chi connectivity index (χ2n) is 8.52. The quantitative estimate of drug-likeness (QED) is 0.570. The highest BCUT2D eigenvalue weighted by Gasteiger charge is 2.34. The number of nitrogens with zero attached hydrogens (tertiary/aromatic N) is 8. The number of hydrogen-bond donors (Lipinski definition) is 0. The van der Waals surface area contributed by atoms with Gasteiger partial charge in [0.25, 0.3) is 0 Å². The van der Waals surface area contributed by atoms with Gasteiger partial charge in [0.05, 0.1) is 18.4 Å². The van der Waals surface area contributed by atoms with Crippen molar-refractivity contribution in [2.45, 2.75) is 19.4 Å². The van der Waals surface area contributed by atoms with Crippen LogP contribution in [0.3, 0.4) is 0 Å². The summed E-state index contributed by atoms with van der Waals surface area (Å²) in [6, 6.07) is 2.25. The van der Waals surface area contributed by atoms with Gasteiger partial charge in [0.15, 0.2) is 17.5 Å². The SMILES string of the molecule is Cc1cnn(C)c1-c1ncc(F)c(N2CCN(C(=O)N3N=CCC3c3cc(F)cc(F)c3)CC2)n1. The zero-order valence-electron chi connectivity index (χ0n) is 19.2. The number of rotatable bonds is 3. The Morgan fingerprint density at radius 2 is 1.74 bits per heavy atom. The molecule has 9 nitrogen and oxygen atoms in total. The first-order valence-electron chi connectivity index (χ1n) is 11.1. The molecule has 2 amide bonds. The van der Waals surface area contributed by atoms with Gasteiger partial charge >= 0.3 is 6.03 Å². The average Bonchev–Trinajstić information content (AvgIpc) is 3.45. The van der Waals surface area contributed by atoms with Gasteiger partial charge in [0, 0.05) is 51.9 Å². The van der Waals surface area contributed by atoms with E-state index in [0.29, 0.717) is 49.7 Å². The van der Waals surface area contributed by atoms with E-state index in [4.69, 9.17) is 0 Å². The highest BCUT2D eigenvalue weighted by Crippen LogP contribution is 2.31. The number of carbonyl (C=O) groups excluding carboxylic acids is 1. The molecule has 0 saturated carbocycles. The van der Waals surface area contributed by atoms with E-state index in [1.807, 2.05) is 6.92 Å². The number of hydrazone groups is 1. The first kappa shape index (κ1) is 22.8. The highest BCUT2D eigenvalue weighted by atomic mass is 19.1. The Bertz CT molecular complexity index is 1260. The number of amides is 2. The third kappa shape index (κ3) is 4.31. The number of hydrogen-bond acceptors (Lipinski definition) is 6. The molecule has 3 aromatic rings. The molecular weight excluding hydrogens is 461 g/mol. The Morgan fingerprint density at radius 1 is 1.03 bits per heavy atom. The van der Waals surface area contributed by atoms with Crippen LogP contribution in [0.25, 0.3) is 11.5 Å². The van der Waals surface area contributed by atoms with Gasteiger partial charge in [-0.1, -0.05) is 0 Å². The minimum atomic E-state index is -0.708. The first-order chi connectivity index (χ1) is 16.8. The van der Waals surface area contributed by atoms with Crippen LogP contribution < -0.4 is 4.90 Å². The Kier molecular flexibility index (Phi) is 5.87. The van der Waals surface area contributed by atoms with Crippen molar-refractivity contribution in [1.82, 2.24) is 29.7 Å². The minimum absolute atomic E-state index is 0.162.